The van der Waals surface area contributed by atoms with E-state index >= 15 is 0 Å². The third kappa shape index (κ3) is 3.12. The molecule has 1 amide bonds. The summed E-state index contributed by atoms with van der Waals surface area (Å²) in [5.41, 5.74) is 7.66. The largest absolute Gasteiger partial charge is 0.337 e. The van der Waals surface area contributed by atoms with Gasteiger partial charge in [0.25, 0.3) is 5.91 Å². The van der Waals surface area contributed by atoms with E-state index < -0.39 is 0 Å². The van der Waals surface area contributed by atoms with Gasteiger partial charge in [-0.25, -0.2) is 0 Å². The van der Waals surface area contributed by atoms with Gasteiger partial charge in [-0.05, 0) is 17.9 Å². The van der Waals surface area contributed by atoms with Crippen LogP contribution in [0, 0.1) is 5.41 Å². The number of rotatable bonds is 1. The normalized spacial score (nSPS) is 22.4. The summed E-state index contributed by atoms with van der Waals surface area (Å²) in [6.45, 7) is 12.0. The summed E-state index contributed by atoms with van der Waals surface area (Å²) < 4.78 is 1.70. The zero-order chi connectivity index (χ0) is 16.0. The van der Waals surface area contributed by atoms with Crippen molar-refractivity contribution >= 4 is 5.91 Å². The lowest BCUT2D eigenvalue weighted by molar-refractivity contribution is 0.0522. The Morgan fingerprint density at radius 3 is 2.52 bits per heavy atom. The summed E-state index contributed by atoms with van der Waals surface area (Å²) >= 11 is 0. The maximum atomic E-state index is 12.8. The molecule has 1 aliphatic rings. The third-order valence-electron chi connectivity index (χ3n) is 4.47. The smallest absolute Gasteiger partial charge is 0.272 e. The molecule has 0 aliphatic carbocycles. The summed E-state index contributed by atoms with van der Waals surface area (Å²) in [5.74, 6) is 0.0560. The lowest BCUT2D eigenvalue weighted by atomic mass is 9.79. The number of nitrogens with zero attached hydrogens (tertiary/aromatic N) is 3. The van der Waals surface area contributed by atoms with Gasteiger partial charge in [0.05, 0.1) is 5.69 Å². The number of carbonyl (C=O) groups is 1. The van der Waals surface area contributed by atoms with Crippen molar-refractivity contribution in [2.45, 2.75) is 52.5 Å². The van der Waals surface area contributed by atoms with Crippen LogP contribution in [0.5, 0.6) is 0 Å². The number of hydrogen-bond donors (Lipinski definition) is 1. The van der Waals surface area contributed by atoms with Gasteiger partial charge in [0, 0.05) is 31.6 Å². The van der Waals surface area contributed by atoms with Gasteiger partial charge in [0.1, 0.15) is 5.69 Å². The van der Waals surface area contributed by atoms with E-state index in [-0.39, 0.29) is 22.8 Å². The standard InChI is InChI=1S/C16H28N4O/c1-15(2,3)13-9-11(19(6)18-13)14(21)20-8-7-12(17)16(4,5)10-20/h9,12H,7-8,10,17H2,1-6H3. The Kier molecular flexibility index (Phi) is 3.91. The highest BCUT2D eigenvalue weighted by atomic mass is 16.2. The summed E-state index contributed by atoms with van der Waals surface area (Å²) in [5, 5.41) is 4.49. The zero-order valence-electron chi connectivity index (χ0n) is 14.1. The Labute approximate surface area is 127 Å². The summed E-state index contributed by atoms with van der Waals surface area (Å²) in [4.78, 5) is 14.7. The van der Waals surface area contributed by atoms with Crippen LogP contribution in [-0.2, 0) is 12.5 Å². The van der Waals surface area contributed by atoms with Crippen LogP contribution in [0.25, 0.3) is 0 Å². The van der Waals surface area contributed by atoms with Crippen molar-refractivity contribution in [2.75, 3.05) is 13.1 Å². The van der Waals surface area contributed by atoms with Gasteiger partial charge in [-0.3, -0.25) is 9.48 Å². The molecule has 0 saturated carbocycles. The molecule has 5 nitrogen and oxygen atoms in total. The summed E-state index contributed by atoms with van der Waals surface area (Å²) in [6.07, 6.45) is 0.850. The number of hydrogen-bond acceptors (Lipinski definition) is 3. The van der Waals surface area contributed by atoms with Crippen LogP contribution in [0.2, 0.25) is 0 Å². The van der Waals surface area contributed by atoms with E-state index in [9.17, 15) is 4.79 Å². The minimum Gasteiger partial charge on any atom is -0.337 e. The molecule has 1 atom stereocenters. The van der Waals surface area contributed by atoms with Gasteiger partial charge in [-0.2, -0.15) is 5.10 Å². The van der Waals surface area contributed by atoms with Crippen LogP contribution < -0.4 is 5.73 Å². The second kappa shape index (κ2) is 5.13. The molecular weight excluding hydrogens is 264 g/mol. The van der Waals surface area contributed by atoms with E-state index in [0.717, 1.165) is 18.7 Å². The third-order valence-corrected chi connectivity index (χ3v) is 4.47. The first-order chi connectivity index (χ1) is 9.52. The average molecular weight is 292 g/mol. The van der Waals surface area contributed by atoms with E-state index in [0.29, 0.717) is 12.2 Å². The maximum Gasteiger partial charge on any atom is 0.272 e. The molecule has 1 unspecified atom stereocenters. The van der Waals surface area contributed by atoms with Crippen LogP contribution in [0.1, 0.15) is 57.2 Å². The lowest BCUT2D eigenvalue weighted by Crippen LogP contribution is -2.54. The number of nitrogens with two attached hydrogens (primary N) is 1. The first kappa shape index (κ1) is 16.0. The van der Waals surface area contributed by atoms with E-state index in [1.54, 1.807) is 4.68 Å². The van der Waals surface area contributed by atoms with E-state index in [2.05, 4.69) is 39.7 Å². The molecule has 0 bridgehead atoms. The highest BCUT2D eigenvalue weighted by molar-refractivity contribution is 5.92. The van der Waals surface area contributed by atoms with E-state index in [1.165, 1.54) is 0 Å². The Morgan fingerprint density at radius 2 is 2.05 bits per heavy atom. The first-order valence-electron chi connectivity index (χ1n) is 7.62. The average Bonchev–Trinajstić information content (AvgIpc) is 2.74. The second-order valence-electron chi connectivity index (χ2n) is 7.90. The van der Waals surface area contributed by atoms with Gasteiger partial charge in [-0.1, -0.05) is 34.6 Å². The highest BCUT2D eigenvalue weighted by Gasteiger charge is 2.36. The molecule has 1 saturated heterocycles. The molecule has 2 rings (SSSR count). The quantitative estimate of drug-likeness (QED) is 0.860. The van der Waals surface area contributed by atoms with Gasteiger partial charge in [-0.15, -0.1) is 0 Å². The van der Waals surface area contributed by atoms with Gasteiger partial charge >= 0.3 is 0 Å². The molecular formula is C16H28N4O. The van der Waals surface area contributed by atoms with Crippen LogP contribution in [0.4, 0.5) is 0 Å². The predicted molar refractivity (Wildman–Crippen MR) is 84.2 cm³/mol. The van der Waals surface area contributed by atoms with Gasteiger partial charge < -0.3 is 10.6 Å². The minimum atomic E-state index is -0.0557. The van der Waals surface area contributed by atoms with Crippen molar-refractivity contribution in [1.82, 2.24) is 14.7 Å². The fourth-order valence-corrected chi connectivity index (χ4v) is 2.74. The van der Waals surface area contributed by atoms with Crippen LogP contribution in [0.15, 0.2) is 6.07 Å². The van der Waals surface area contributed by atoms with Crippen molar-refractivity contribution in [1.29, 1.82) is 0 Å². The molecule has 1 fully saturated rings. The number of aryl methyl sites for hydroxylation is 1. The van der Waals surface area contributed by atoms with Crippen molar-refractivity contribution < 1.29 is 4.79 Å². The van der Waals surface area contributed by atoms with Crippen molar-refractivity contribution in [2.24, 2.45) is 18.2 Å². The molecule has 2 heterocycles. The molecule has 1 aliphatic heterocycles. The zero-order valence-corrected chi connectivity index (χ0v) is 14.1. The number of aromatic nitrogens is 2. The Balaban J connectivity index is 2.23. The monoisotopic (exact) mass is 292 g/mol. The summed E-state index contributed by atoms with van der Waals surface area (Å²) in [6, 6.07) is 2.07. The number of carbonyl (C=O) groups excluding carboxylic acids is 1. The van der Waals surface area contributed by atoms with Crippen molar-refractivity contribution in [3.05, 3.63) is 17.5 Å². The molecule has 0 aromatic carbocycles. The topological polar surface area (TPSA) is 64.2 Å². The molecule has 1 aromatic heterocycles. The highest BCUT2D eigenvalue weighted by Crippen LogP contribution is 2.29. The molecule has 5 heteroatoms. The molecule has 0 spiro atoms. The number of amides is 1. The molecule has 0 radical (unpaired) electrons. The van der Waals surface area contributed by atoms with Crippen LogP contribution in [-0.4, -0.2) is 39.7 Å². The van der Waals surface area contributed by atoms with E-state index in [4.69, 9.17) is 5.73 Å². The number of likely N-dealkylation sites (tertiary alicyclic amines) is 1. The SMILES string of the molecule is Cn1nc(C(C)(C)C)cc1C(=O)N1CCC(N)C(C)(C)C1. The predicted octanol–water partition coefficient (Wildman–Crippen LogP) is 1.92. The molecule has 21 heavy (non-hydrogen) atoms. The molecule has 118 valence electrons. The number of piperidine rings is 1. The summed E-state index contributed by atoms with van der Waals surface area (Å²) in [7, 11) is 1.84. The fourth-order valence-electron chi connectivity index (χ4n) is 2.74. The fraction of sp³-hybridized carbons (Fsp3) is 0.750. The van der Waals surface area contributed by atoms with Crippen molar-refractivity contribution in [3.63, 3.8) is 0 Å². The Hall–Kier alpha value is -1.36. The van der Waals surface area contributed by atoms with E-state index in [1.807, 2.05) is 18.0 Å². The van der Waals surface area contributed by atoms with Gasteiger partial charge in [0.2, 0.25) is 0 Å². The van der Waals surface area contributed by atoms with Crippen molar-refractivity contribution in [3.8, 4) is 0 Å². The van der Waals surface area contributed by atoms with Gasteiger partial charge in [0.15, 0.2) is 0 Å². The Bertz CT molecular complexity index is 539. The second-order valence-corrected chi connectivity index (χ2v) is 7.90. The minimum absolute atomic E-state index is 0.0423. The Morgan fingerprint density at radius 1 is 1.43 bits per heavy atom. The first-order valence-corrected chi connectivity index (χ1v) is 7.62. The maximum absolute atomic E-state index is 12.8. The lowest BCUT2D eigenvalue weighted by Gasteiger charge is -2.42. The molecule has 2 N–H and O–H groups in total. The van der Waals surface area contributed by atoms with Crippen LogP contribution >= 0.6 is 0 Å². The molecule has 1 aromatic rings. The van der Waals surface area contributed by atoms with Crippen LogP contribution in [0.3, 0.4) is 0 Å².